The predicted molar refractivity (Wildman–Crippen MR) is 70.9 cm³/mol. The second-order valence-corrected chi connectivity index (χ2v) is 5.48. The molecule has 1 saturated carbocycles. The average Bonchev–Trinajstić information content (AvgIpc) is 2.69. The van der Waals surface area contributed by atoms with E-state index in [-0.39, 0.29) is 17.4 Å². The molecule has 98 valence electrons. The molecule has 2 rings (SSSR count). The van der Waals surface area contributed by atoms with Crippen LogP contribution in [0.5, 0.6) is 0 Å². The molecular formula is C13H20N4O. The normalized spacial score (nSPS) is 21.6. The van der Waals surface area contributed by atoms with Gasteiger partial charge in [0.05, 0.1) is 5.69 Å². The molecule has 0 spiro atoms. The smallest absolute Gasteiger partial charge is 0.270 e. The Kier molecular flexibility index (Phi) is 3.52. The van der Waals surface area contributed by atoms with Gasteiger partial charge in [0, 0.05) is 12.2 Å². The van der Waals surface area contributed by atoms with Gasteiger partial charge >= 0.3 is 0 Å². The molecule has 1 aliphatic carbocycles. The summed E-state index contributed by atoms with van der Waals surface area (Å²) in [4.78, 5) is 16.2. The molecule has 0 aliphatic heterocycles. The van der Waals surface area contributed by atoms with Gasteiger partial charge in [-0.15, -0.1) is 0 Å². The van der Waals surface area contributed by atoms with E-state index < -0.39 is 0 Å². The number of aromatic nitrogens is 1. The topological polar surface area (TPSA) is 80.0 Å². The van der Waals surface area contributed by atoms with Crippen LogP contribution in [0, 0.1) is 5.41 Å². The summed E-state index contributed by atoms with van der Waals surface area (Å²) in [5, 5.41) is 3.07. The molecule has 0 bridgehead atoms. The summed E-state index contributed by atoms with van der Waals surface area (Å²) in [7, 11) is 0. The van der Waals surface area contributed by atoms with Crippen LogP contribution in [0.25, 0.3) is 0 Å². The lowest BCUT2D eigenvalue weighted by atomic mass is 9.87. The minimum atomic E-state index is -0.132. The standard InChI is InChI=1S/C13H20N4O/c1-13(2)6-3-4-11(13)16-12(18)10-8-9(17-14)5-7-15-10/h5,7-8,11H,3-4,6,14H2,1-2H3,(H,15,17)(H,16,18). The van der Waals surface area contributed by atoms with Gasteiger partial charge in [-0.25, -0.2) is 0 Å². The van der Waals surface area contributed by atoms with Gasteiger partial charge in [0.25, 0.3) is 5.91 Å². The first-order valence-electron chi connectivity index (χ1n) is 6.26. The van der Waals surface area contributed by atoms with Crippen molar-refractivity contribution in [1.82, 2.24) is 10.3 Å². The zero-order chi connectivity index (χ0) is 13.2. The lowest BCUT2D eigenvalue weighted by molar-refractivity contribution is 0.0905. The van der Waals surface area contributed by atoms with Crippen molar-refractivity contribution in [3.05, 3.63) is 24.0 Å². The summed E-state index contributed by atoms with van der Waals surface area (Å²) in [6.07, 6.45) is 4.92. The number of hydrogen-bond acceptors (Lipinski definition) is 4. The van der Waals surface area contributed by atoms with Crippen molar-refractivity contribution >= 4 is 11.6 Å². The average molecular weight is 248 g/mol. The molecular weight excluding hydrogens is 228 g/mol. The zero-order valence-electron chi connectivity index (χ0n) is 10.9. The van der Waals surface area contributed by atoms with E-state index >= 15 is 0 Å². The Morgan fingerprint density at radius 1 is 1.56 bits per heavy atom. The summed E-state index contributed by atoms with van der Waals surface area (Å²) in [5.74, 6) is 5.18. The molecule has 18 heavy (non-hydrogen) atoms. The van der Waals surface area contributed by atoms with Gasteiger partial charge in [-0.3, -0.25) is 15.6 Å². The number of carbonyl (C=O) groups excluding carboxylic acids is 1. The van der Waals surface area contributed by atoms with Gasteiger partial charge in [-0.2, -0.15) is 0 Å². The van der Waals surface area contributed by atoms with Crippen LogP contribution in [0.1, 0.15) is 43.6 Å². The highest BCUT2D eigenvalue weighted by molar-refractivity contribution is 5.93. The maximum Gasteiger partial charge on any atom is 0.270 e. The van der Waals surface area contributed by atoms with E-state index in [1.54, 1.807) is 18.3 Å². The summed E-state index contributed by atoms with van der Waals surface area (Å²) in [5.41, 5.74) is 3.76. The molecule has 1 aromatic rings. The fourth-order valence-electron chi connectivity index (χ4n) is 2.47. The number of nitrogen functional groups attached to an aromatic ring is 1. The minimum Gasteiger partial charge on any atom is -0.347 e. The van der Waals surface area contributed by atoms with Gasteiger partial charge < -0.3 is 10.7 Å². The van der Waals surface area contributed by atoms with E-state index in [4.69, 9.17) is 5.84 Å². The molecule has 5 heteroatoms. The van der Waals surface area contributed by atoms with Gasteiger partial charge in [-0.1, -0.05) is 20.3 Å². The number of nitrogens with one attached hydrogen (secondary N) is 2. The molecule has 0 radical (unpaired) electrons. The summed E-state index contributed by atoms with van der Waals surface area (Å²) in [6.45, 7) is 4.38. The number of nitrogens with zero attached hydrogens (tertiary/aromatic N) is 1. The number of amides is 1. The number of anilines is 1. The van der Waals surface area contributed by atoms with Crippen LogP contribution in [0.2, 0.25) is 0 Å². The molecule has 0 aromatic carbocycles. The van der Waals surface area contributed by atoms with Crippen LogP contribution in [0.15, 0.2) is 18.3 Å². The number of nitrogens with two attached hydrogens (primary N) is 1. The number of pyridine rings is 1. The second-order valence-electron chi connectivity index (χ2n) is 5.48. The highest BCUT2D eigenvalue weighted by Crippen LogP contribution is 2.37. The van der Waals surface area contributed by atoms with Crippen molar-refractivity contribution in [3.63, 3.8) is 0 Å². The van der Waals surface area contributed by atoms with Crippen LogP contribution in [0.3, 0.4) is 0 Å². The Labute approximate surface area is 107 Å². The number of hydrazine groups is 1. The van der Waals surface area contributed by atoms with Crippen LogP contribution in [-0.4, -0.2) is 16.9 Å². The minimum absolute atomic E-state index is 0.132. The SMILES string of the molecule is CC1(C)CCCC1NC(=O)c1cc(NN)ccn1. The van der Waals surface area contributed by atoms with E-state index in [1.807, 2.05) is 0 Å². The molecule has 4 N–H and O–H groups in total. The Balaban J connectivity index is 2.07. The molecule has 1 unspecified atom stereocenters. The van der Waals surface area contributed by atoms with Gasteiger partial charge in [-0.05, 0) is 30.4 Å². The van der Waals surface area contributed by atoms with Gasteiger partial charge in [0.1, 0.15) is 5.69 Å². The van der Waals surface area contributed by atoms with Crippen LogP contribution < -0.4 is 16.6 Å². The fourth-order valence-corrected chi connectivity index (χ4v) is 2.47. The first-order valence-corrected chi connectivity index (χ1v) is 6.26. The first kappa shape index (κ1) is 12.8. The summed E-state index contributed by atoms with van der Waals surface area (Å²) in [6, 6.07) is 3.59. The Bertz CT molecular complexity index is 444. The monoisotopic (exact) mass is 248 g/mol. The molecule has 1 heterocycles. The van der Waals surface area contributed by atoms with Crippen molar-refractivity contribution in [1.29, 1.82) is 0 Å². The van der Waals surface area contributed by atoms with Crippen molar-refractivity contribution in [2.24, 2.45) is 11.3 Å². The molecule has 1 amide bonds. The predicted octanol–water partition coefficient (Wildman–Crippen LogP) is 1.68. The lowest BCUT2D eigenvalue weighted by Gasteiger charge is -2.27. The van der Waals surface area contributed by atoms with E-state index in [0.29, 0.717) is 11.4 Å². The quantitative estimate of drug-likeness (QED) is 0.561. The van der Waals surface area contributed by atoms with E-state index in [9.17, 15) is 4.79 Å². The number of rotatable bonds is 3. The largest absolute Gasteiger partial charge is 0.347 e. The van der Waals surface area contributed by atoms with Crippen LogP contribution >= 0.6 is 0 Å². The fraction of sp³-hybridized carbons (Fsp3) is 0.538. The second kappa shape index (κ2) is 4.94. The van der Waals surface area contributed by atoms with E-state index in [2.05, 4.69) is 29.6 Å². The van der Waals surface area contributed by atoms with Crippen molar-refractivity contribution in [2.75, 3.05) is 5.43 Å². The first-order chi connectivity index (χ1) is 8.53. The van der Waals surface area contributed by atoms with Gasteiger partial charge in [0.2, 0.25) is 0 Å². The Hall–Kier alpha value is -1.62. The van der Waals surface area contributed by atoms with Crippen molar-refractivity contribution in [3.8, 4) is 0 Å². The third kappa shape index (κ3) is 2.61. The molecule has 1 fully saturated rings. The number of carbonyl (C=O) groups is 1. The third-order valence-corrected chi connectivity index (χ3v) is 3.72. The van der Waals surface area contributed by atoms with Crippen LogP contribution in [-0.2, 0) is 0 Å². The highest BCUT2D eigenvalue weighted by atomic mass is 16.1. The zero-order valence-corrected chi connectivity index (χ0v) is 10.9. The highest BCUT2D eigenvalue weighted by Gasteiger charge is 2.35. The summed E-state index contributed by atoms with van der Waals surface area (Å²) >= 11 is 0. The molecule has 1 aromatic heterocycles. The lowest BCUT2D eigenvalue weighted by Crippen LogP contribution is -2.41. The maximum atomic E-state index is 12.1. The molecule has 1 aliphatic rings. The molecule has 1 atom stereocenters. The van der Waals surface area contributed by atoms with Crippen molar-refractivity contribution in [2.45, 2.75) is 39.2 Å². The Morgan fingerprint density at radius 2 is 2.33 bits per heavy atom. The van der Waals surface area contributed by atoms with E-state index in [0.717, 1.165) is 19.3 Å². The van der Waals surface area contributed by atoms with E-state index in [1.165, 1.54) is 0 Å². The summed E-state index contributed by atoms with van der Waals surface area (Å²) < 4.78 is 0. The van der Waals surface area contributed by atoms with Gasteiger partial charge in [0.15, 0.2) is 0 Å². The molecule has 0 saturated heterocycles. The Morgan fingerprint density at radius 3 is 2.94 bits per heavy atom. The van der Waals surface area contributed by atoms with Crippen LogP contribution in [0.4, 0.5) is 5.69 Å². The third-order valence-electron chi connectivity index (χ3n) is 3.72. The van der Waals surface area contributed by atoms with Crippen molar-refractivity contribution < 1.29 is 4.79 Å². The number of hydrogen-bond donors (Lipinski definition) is 3. The maximum absolute atomic E-state index is 12.1. The molecule has 5 nitrogen and oxygen atoms in total.